The van der Waals surface area contributed by atoms with E-state index in [1.807, 2.05) is 36.4 Å². The van der Waals surface area contributed by atoms with E-state index >= 15 is 0 Å². The number of hydrogen-bond donors (Lipinski definition) is 1. The fraction of sp³-hybridized carbons (Fsp3) is 0.316. The van der Waals surface area contributed by atoms with Crippen LogP contribution in [0.4, 0.5) is 0 Å². The maximum Gasteiger partial charge on any atom is 0.258 e. The van der Waals surface area contributed by atoms with E-state index in [9.17, 15) is 4.79 Å². The van der Waals surface area contributed by atoms with Gasteiger partial charge in [-0.05, 0) is 52.0 Å². The van der Waals surface area contributed by atoms with E-state index in [-0.39, 0.29) is 18.6 Å². The number of carbonyl (C=O) groups is 1. The van der Waals surface area contributed by atoms with Crippen LogP contribution in [-0.2, 0) is 9.53 Å². The van der Waals surface area contributed by atoms with Gasteiger partial charge in [0, 0.05) is 13.2 Å². The van der Waals surface area contributed by atoms with Crippen molar-refractivity contribution in [2.24, 2.45) is 0 Å². The minimum Gasteiger partial charge on any atom is -0.483 e. The lowest BCUT2D eigenvalue weighted by Crippen LogP contribution is -2.35. The number of nitrogens with one attached hydrogen (secondary N) is 1. The van der Waals surface area contributed by atoms with Crippen molar-refractivity contribution in [3.63, 3.8) is 0 Å². The monoisotopic (exact) mass is 389 g/mol. The summed E-state index contributed by atoms with van der Waals surface area (Å²) in [5.74, 6) is 0.520. The highest BCUT2D eigenvalue weighted by molar-refractivity contribution is 9.10. The molecule has 1 aliphatic heterocycles. The molecule has 5 heteroatoms. The van der Waals surface area contributed by atoms with Crippen molar-refractivity contribution >= 4 is 21.8 Å². The molecule has 0 saturated carbocycles. The third-order valence-electron chi connectivity index (χ3n) is 3.95. The Kier molecular flexibility index (Phi) is 5.88. The van der Waals surface area contributed by atoms with Gasteiger partial charge in [0.05, 0.1) is 10.6 Å². The average molecular weight is 390 g/mol. The minimum atomic E-state index is -0.135. The van der Waals surface area contributed by atoms with Gasteiger partial charge in [-0.3, -0.25) is 4.79 Å². The molecule has 0 radical (unpaired) electrons. The van der Waals surface area contributed by atoms with Gasteiger partial charge in [0.2, 0.25) is 0 Å². The predicted molar refractivity (Wildman–Crippen MR) is 97.1 cm³/mol. The van der Waals surface area contributed by atoms with E-state index < -0.39 is 0 Å². The van der Waals surface area contributed by atoms with Crippen molar-refractivity contribution in [2.75, 3.05) is 19.8 Å². The molecular formula is C19H20BrNO3. The second-order valence-electron chi connectivity index (χ2n) is 5.74. The van der Waals surface area contributed by atoms with Crippen LogP contribution in [0.3, 0.4) is 0 Å². The number of halogens is 1. The molecule has 3 rings (SSSR count). The molecule has 1 fully saturated rings. The first-order valence-corrected chi connectivity index (χ1v) is 8.88. The van der Waals surface area contributed by atoms with Gasteiger partial charge in [0.25, 0.3) is 5.91 Å². The summed E-state index contributed by atoms with van der Waals surface area (Å²) in [5.41, 5.74) is 2.23. The highest BCUT2D eigenvalue weighted by Gasteiger charge is 2.16. The first kappa shape index (κ1) is 17.0. The van der Waals surface area contributed by atoms with Crippen LogP contribution in [0.15, 0.2) is 53.0 Å². The van der Waals surface area contributed by atoms with Gasteiger partial charge in [-0.25, -0.2) is 0 Å². The molecular weight excluding hydrogens is 370 g/mol. The summed E-state index contributed by atoms with van der Waals surface area (Å²) < 4.78 is 11.9. The van der Waals surface area contributed by atoms with Crippen LogP contribution >= 0.6 is 15.9 Å². The number of carbonyl (C=O) groups excluding carboxylic acids is 1. The lowest BCUT2D eigenvalue weighted by molar-refractivity contribution is -0.123. The second-order valence-corrected chi connectivity index (χ2v) is 6.59. The molecule has 1 atom stereocenters. The highest BCUT2D eigenvalue weighted by Crippen LogP contribution is 2.30. The molecule has 126 valence electrons. The number of hydrogen-bond acceptors (Lipinski definition) is 3. The Hall–Kier alpha value is -1.85. The van der Waals surface area contributed by atoms with Crippen LogP contribution in [0.1, 0.15) is 12.8 Å². The van der Waals surface area contributed by atoms with Gasteiger partial charge >= 0.3 is 0 Å². The predicted octanol–water partition coefficient (Wildman–Crippen LogP) is 3.79. The van der Waals surface area contributed by atoms with Gasteiger partial charge < -0.3 is 14.8 Å². The van der Waals surface area contributed by atoms with E-state index in [4.69, 9.17) is 9.47 Å². The Bertz CT molecular complexity index is 684. The third kappa shape index (κ3) is 4.58. The van der Waals surface area contributed by atoms with Gasteiger partial charge in [0.1, 0.15) is 5.75 Å². The van der Waals surface area contributed by atoms with Gasteiger partial charge in [-0.2, -0.15) is 0 Å². The SMILES string of the molecule is O=C(COc1ccc(-c2ccccc2)cc1Br)NC[C@H]1CCCO1. The van der Waals surface area contributed by atoms with Crippen molar-refractivity contribution < 1.29 is 14.3 Å². The molecule has 4 nitrogen and oxygen atoms in total. The zero-order valence-corrected chi connectivity index (χ0v) is 14.9. The Morgan fingerprint density at radius 1 is 1.21 bits per heavy atom. The molecule has 1 N–H and O–H groups in total. The molecule has 2 aromatic carbocycles. The molecule has 0 bridgehead atoms. The molecule has 0 aliphatic carbocycles. The molecule has 0 aromatic heterocycles. The molecule has 1 aliphatic rings. The lowest BCUT2D eigenvalue weighted by Gasteiger charge is -2.12. The van der Waals surface area contributed by atoms with E-state index in [0.717, 1.165) is 35.0 Å². The van der Waals surface area contributed by atoms with Crippen LogP contribution in [0.25, 0.3) is 11.1 Å². The van der Waals surface area contributed by atoms with E-state index in [1.54, 1.807) is 0 Å². The zero-order valence-electron chi connectivity index (χ0n) is 13.3. The Balaban J connectivity index is 1.52. The molecule has 1 heterocycles. The molecule has 1 saturated heterocycles. The summed E-state index contributed by atoms with van der Waals surface area (Å²) in [7, 11) is 0. The Morgan fingerprint density at radius 3 is 2.75 bits per heavy atom. The molecule has 1 amide bonds. The van der Waals surface area contributed by atoms with Crippen molar-refractivity contribution in [2.45, 2.75) is 18.9 Å². The van der Waals surface area contributed by atoms with Crippen LogP contribution in [0.5, 0.6) is 5.75 Å². The van der Waals surface area contributed by atoms with Crippen molar-refractivity contribution in [3.05, 3.63) is 53.0 Å². The maximum atomic E-state index is 11.9. The van der Waals surface area contributed by atoms with Crippen molar-refractivity contribution in [1.29, 1.82) is 0 Å². The lowest BCUT2D eigenvalue weighted by atomic mass is 10.1. The Labute approximate surface area is 150 Å². The maximum absolute atomic E-state index is 11.9. The molecule has 2 aromatic rings. The van der Waals surface area contributed by atoms with Crippen molar-refractivity contribution in [3.8, 4) is 16.9 Å². The summed E-state index contributed by atoms with van der Waals surface area (Å²) in [4.78, 5) is 11.9. The van der Waals surface area contributed by atoms with E-state index in [1.165, 1.54) is 0 Å². The van der Waals surface area contributed by atoms with Crippen LogP contribution in [0, 0.1) is 0 Å². The summed E-state index contributed by atoms with van der Waals surface area (Å²) in [6.07, 6.45) is 2.22. The molecule has 24 heavy (non-hydrogen) atoms. The normalized spacial score (nSPS) is 16.8. The third-order valence-corrected chi connectivity index (χ3v) is 4.57. The van der Waals surface area contributed by atoms with Crippen molar-refractivity contribution in [1.82, 2.24) is 5.32 Å². The number of amides is 1. The number of benzene rings is 2. The zero-order chi connectivity index (χ0) is 16.8. The van der Waals surface area contributed by atoms with E-state index in [0.29, 0.717) is 12.3 Å². The summed E-state index contributed by atoms with van der Waals surface area (Å²) >= 11 is 3.51. The number of rotatable bonds is 6. The van der Waals surface area contributed by atoms with Crippen LogP contribution < -0.4 is 10.1 Å². The fourth-order valence-corrected chi connectivity index (χ4v) is 3.15. The van der Waals surface area contributed by atoms with Crippen LogP contribution in [0.2, 0.25) is 0 Å². The second kappa shape index (κ2) is 8.31. The standard InChI is InChI=1S/C19H20BrNO3/c20-17-11-15(14-5-2-1-3-6-14)8-9-18(17)24-13-19(22)21-12-16-7-4-10-23-16/h1-3,5-6,8-9,11,16H,4,7,10,12-13H2,(H,21,22)/t16-/m1/s1. The average Bonchev–Trinajstić information content (AvgIpc) is 3.13. The Morgan fingerprint density at radius 2 is 2.04 bits per heavy atom. The van der Waals surface area contributed by atoms with Gasteiger partial charge in [-0.15, -0.1) is 0 Å². The summed E-state index contributed by atoms with van der Waals surface area (Å²) in [6.45, 7) is 1.34. The quantitative estimate of drug-likeness (QED) is 0.817. The van der Waals surface area contributed by atoms with Gasteiger partial charge in [-0.1, -0.05) is 36.4 Å². The smallest absolute Gasteiger partial charge is 0.258 e. The highest BCUT2D eigenvalue weighted by atomic mass is 79.9. The molecule has 0 spiro atoms. The summed E-state index contributed by atoms with van der Waals surface area (Å²) in [5, 5.41) is 2.85. The fourth-order valence-electron chi connectivity index (χ4n) is 2.66. The van der Waals surface area contributed by atoms with Gasteiger partial charge in [0.15, 0.2) is 6.61 Å². The van der Waals surface area contributed by atoms with E-state index in [2.05, 4.69) is 33.4 Å². The topological polar surface area (TPSA) is 47.6 Å². The van der Waals surface area contributed by atoms with Crippen LogP contribution in [-0.4, -0.2) is 31.8 Å². The molecule has 0 unspecified atom stereocenters. The first-order chi connectivity index (χ1) is 11.7. The first-order valence-electron chi connectivity index (χ1n) is 8.08. The minimum absolute atomic E-state index is 0.00396. The largest absolute Gasteiger partial charge is 0.483 e. The summed E-state index contributed by atoms with van der Waals surface area (Å²) in [6, 6.07) is 16.0. The number of ether oxygens (including phenoxy) is 2.